The lowest BCUT2D eigenvalue weighted by atomic mass is 9.87. The summed E-state index contributed by atoms with van der Waals surface area (Å²) in [6, 6.07) is 3.53. The minimum absolute atomic E-state index is 0.110. The fourth-order valence-corrected chi connectivity index (χ4v) is 3.91. The van der Waals surface area contributed by atoms with Crippen LogP contribution in [0.3, 0.4) is 0 Å². The van der Waals surface area contributed by atoms with Gasteiger partial charge in [0.15, 0.2) is 6.10 Å². The van der Waals surface area contributed by atoms with Gasteiger partial charge in [0.25, 0.3) is 0 Å². The van der Waals surface area contributed by atoms with E-state index in [-0.39, 0.29) is 17.7 Å². The molecule has 0 saturated heterocycles. The van der Waals surface area contributed by atoms with Crippen molar-refractivity contribution >= 4 is 29.0 Å². The fourth-order valence-electron chi connectivity index (χ4n) is 2.94. The highest BCUT2D eigenvalue weighted by Crippen LogP contribution is 2.27. The second kappa shape index (κ2) is 8.97. The molecule has 24 heavy (non-hydrogen) atoms. The number of thiophene rings is 1. The summed E-state index contributed by atoms with van der Waals surface area (Å²) in [7, 11) is 0. The first kappa shape index (κ1) is 18.6. The highest BCUT2D eigenvalue weighted by molar-refractivity contribution is 7.14. The summed E-state index contributed by atoms with van der Waals surface area (Å²) in [6.07, 6.45) is 5.41. The van der Waals surface area contributed by atoms with E-state index in [4.69, 9.17) is 4.74 Å². The summed E-state index contributed by atoms with van der Waals surface area (Å²) >= 11 is 1.32. The SMILES string of the molecule is CC(=O)NCc1ccc(C(=O)C(C)OC(=O)CC2CCCCC2)s1. The van der Waals surface area contributed by atoms with E-state index < -0.39 is 6.10 Å². The zero-order chi connectivity index (χ0) is 17.5. The normalized spacial score (nSPS) is 16.4. The van der Waals surface area contributed by atoms with Crippen molar-refractivity contribution in [2.45, 2.75) is 65.0 Å². The number of ketones is 1. The van der Waals surface area contributed by atoms with Gasteiger partial charge in [0.2, 0.25) is 11.7 Å². The quantitative estimate of drug-likeness (QED) is 0.603. The second-order valence-electron chi connectivity index (χ2n) is 6.38. The molecule has 0 bridgehead atoms. The molecule has 1 heterocycles. The molecule has 1 N–H and O–H groups in total. The number of ether oxygens (including phenoxy) is 1. The summed E-state index contributed by atoms with van der Waals surface area (Å²) in [5.74, 6) is -0.176. The number of esters is 1. The molecule has 1 amide bonds. The van der Waals surface area contributed by atoms with Crippen molar-refractivity contribution in [1.29, 1.82) is 0 Å². The van der Waals surface area contributed by atoms with Crippen molar-refractivity contribution in [1.82, 2.24) is 5.32 Å². The van der Waals surface area contributed by atoms with Gasteiger partial charge in [0, 0.05) is 18.2 Å². The van der Waals surface area contributed by atoms with Gasteiger partial charge < -0.3 is 10.1 Å². The minimum atomic E-state index is -0.770. The van der Waals surface area contributed by atoms with Gasteiger partial charge in [-0.25, -0.2) is 0 Å². The summed E-state index contributed by atoms with van der Waals surface area (Å²) < 4.78 is 5.33. The van der Waals surface area contributed by atoms with E-state index in [1.54, 1.807) is 13.0 Å². The van der Waals surface area contributed by atoms with E-state index >= 15 is 0 Å². The van der Waals surface area contributed by atoms with Gasteiger partial charge in [0.1, 0.15) is 0 Å². The molecule has 0 radical (unpaired) electrons. The average Bonchev–Trinajstić information content (AvgIpc) is 3.01. The minimum Gasteiger partial charge on any atom is -0.454 e. The van der Waals surface area contributed by atoms with Crippen LogP contribution in [0.25, 0.3) is 0 Å². The molecular formula is C18H25NO4S. The maximum absolute atomic E-state index is 12.4. The van der Waals surface area contributed by atoms with Crippen molar-refractivity contribution in [3.8, 4) is 0 Å². The monoisotopic (exact) mass is 351 g/mol. The smallest absolute Gasteiger partial charge is 0.306 e. The number of carbonyl (C=O) groups is 3. The number of Topliss-reactive ketones (excluding diaryl/α,β-unsaturated/α-hetero) is 1. The molecule has 2 rings (SSSR count). The van der Waals surface area contributed by atoms with Crippen LogP contribution < -0.4 is 5.32 Å². The standard InChI is InChI=1S/C18H25NO4S/c1-12(23-17(21)10-14-6-4-3-5-7-14)18(22)16-9-8-15(24-16)11-19-13(2)20/h8-9,12,14H,3-7,10-11H2,1-2H3,(H,19,20). The molecule has 1 aromatic heterocycles. The first-order valence-electron chi connectivity index (χ1n) is 8.52. The second-order valence-corrected chi connectivity index (χ2v) is 7.55. The Morgan fingerprint density at radius 1 is 1.25 bits per heavy atom. The molecule has 1 aromatic rings. The summed E-state index contributed by atoms with van der Waals surface area (Å²) in [6.45, 7) is 3.48. The molecule has 1 atom stereocenters. The Balaban J connectivity index is 1.82. The van der Waals surface area contributed by atoms with Gasteiger partial charge in [-0.1, -0.05) is 19.3 Å². The number of rotatable bonds is 7. The first-order chi connectivity index (χ1) is 11.5. The van der Waals surface area contributed by atoms with Crippen LogP contribution in [-0.4, -0.2) is 23.8 Å². The van der Waals surface area contributed by atoms with Gasteiger partial charge in [0.05, 0.1) is 11.4 Å². The fraction of sp³-hybridized carbons (Fsp3) is 0.611. The van der Waals surface area contributed by atoms with Crippen LogP contribution in [0.1, 0.15) is 66.9 Å². The highest BCUT2D eigenvalue weighted by atomic mass is 32.1. The van der Waals surface area contributed by atoms with E-state index in [1.807, 2.05) is 6.07 Å². The lowest BCUT2D eigenvalue weighted by Gasteiger charge is -2.21. The van der Waals surface area contributed by atoms with Crippen molar-refractivity contribution in [2.75, 3.05) is 0 Å². The Labute approximate surface area is 146 Å². The van der Waals surface area contributed by atoms with Crippen LogP contribution in [0.5, 0.6) is 0 Å². The third-order valence-electron chi connectivity index (χ3n) is 4.27. The summed E-state index contributed by atoms with van der Waals surface area (Å²) in [4.78, 5) is 36.8. The molecule has 1 aliphatic carbocycles. The topological polar surface area (TPSA) is 72.5 Å². The van der Waals surface area contributed by atoms with Crippen LogP contribution in [0.15, 0.2) is 12.1 Å². The number of amides is 1. The molecule has 0 aliphatic heterocycles. The number of hydrogen-bond acceptors (Lipinski definition) is 5. The molecule has 0 aromatic carbocycles. The van der Waals surface area contributed by atoms with Crippen LogP contribution in [-0.2, 0) is 20.9 Å². The van der Waals surface area contributed by atoms with Crippen molar-refractivity contribution in [2.24, 2.45) is 5.92 Å². The summed E-state index contributed by atoms with van der Waals surface area (Å²) in [5, 5.41) is 2.70. The largest absolute Gasteiger partial charge is 0.454 e. The van der Waals surface area contributed by atoms with E-state index in [9.17, 15) is 14.4 Å². The number of hydrogen-bond donors (Lipinski definition) is 1. The molecule has 1 unspecified atom stereocenters. The van der Waals surface area contributed by atoms with E-state index in [2.05, 4.69) is 5.32 Å². The third kappa shape index (κ3) is 5.74. The maximum atomic E-state index is 12.4. The van der Waals surface area contributed by atoms with E-state index in [1.165, 1.54) is 37.5 Å². The Morgan fingerprint density at radius 3 is 2.62 bits per heavy atom. The number of carbonyl (C=O) groups excluding carboxylic acids is 3. The predicted octanol–water partition coefficient (Wildman–Crippen LogP) is 3.47. The lowest BCUT2D eigenvalue weighted by Crippen LogP contribution is -2.25. The molecule has 1 saturated carbocycles. The molecular weight excluding hydrogens is 326 g/mol. The molecule has 0 spiro atoms. The van der Waals surface area contributed by atoms with Gasteiger partial charge in [-0.2, -0.15) is 0 Å². The molecule has 132 valence electrons. The first-order valence-corrected chi connectivity index (χ1v) is 9.34. The van der Waals surface area contributed by atoms with Crippen molar-refractivity contribution in [3.63, 3.8) is 0 Å². The number of nitrogens with one attached hydrogen (secondary N) is 1. The predicted molar refractivity (Wildman–Crippen MR) is 92.9 cm³/mol. The zero-order valence-electron chi connectivity index (χ0n) is 14.3. The zero-order valence-corrected chi connectivity index (χ0v) is 15.1. The van der Waals surface area contributed by atoms with Gasteiger partial charge >= 0.3 is 5.97 Å². The Morgan fingerprint density at radius 2 is 1.96 bits per heavy atom. The Bertz CT molecular complexity index is 590. The van der Waals surface area contributed by atoms with Crippen molar-refractivity contribution in [3.05, 3.63) is 21.9 Å². The van der Waals surface area contributed by atoms with Gasteiger partial charge in [-0.05, 0) is 37.8 Å². The molecule has 1 fully saturated rings. The Kier molecular flexibility index (Phi) is 6.97. The van der Waals surface area contributed by atoms with Crippen LogP contribution in [0, 0.1) is 5.92 Å². The molecule has 1 aliphatic rings. The van der Waals surface area contributed by atoms with E-state index in [0.717, 1.165) is 17.7 Å². The third-order valence-corrected chi connectivity index (χ3v) is 5.37. The van der Waals surface area contributed by atoms with Crippen molar-refractivity contribution < 1.29 is 19.1 Å². The Hall–Kier alpha value is -1.69. The summed E-state index contributed by atoms with van der Waals surface area (Å²) in [5.41, 5.74) is 0. The molecule has 5 nitrogen and oxygen atoms in total. The average molecular weight is 351 g/mol. The maximum Gasteiger partial charge on any atom is 0.306 e. The van der Waals surface area contributed by atoms with Gasteiger partial charge in [-0.3, -0.25) is 14.4 Å². The van der Waals surface area contributed by atoms with Crippen LogP contribution >= 0.6 is 11.3 Å². The van der Waals surface area contributed by atoms with Gasteiger partial charge in [-0.15, -0.1) is 11.3 Å². The van der Waals surface area contributed by atoms with E-state index in [0.29, 0.717) is 23.8 Å². The van der Waals surface area contributed by atoms with Crippen LogP contribution in [0.2, 0.25) is 0 Å². The van der Waals surface area contributed by atoms with Crippen LogP contribution in [0.4, 0.5) is 0 Å². The molecule has 6 heteroatoms. The lowest BCUT2D eigenvalue weighted by molar-refractivity contribution is -0.147. The highest BCUT2D eigenvalue weighted by Gasteiger charge is 2.23.